The minimum absolute atomic E-state index is 0.784. The van der Waals surface area contributed by atoms with E-state index in [4.69, 9.17) is 4.42 Å². The van der Waals surface area contributed by atoms with Gasteiger partial charge in [-0.1, -0.05) is 0 Å². The number of H-pyrrole nitrogens is 1. The highest BCUT2D eigenvalue weighted by atomic mass is 16.3. The molecule has 0 aliphatic carbocycles. The maximum absolute atomic E-state index is 5.19. The summed E-state index contributed by atoms with van der Waals surface area (Å²) >= 11 is 0. The number of aryl methyl sites for hydroxylation is 2. The van der Waals surface area contributed by atoms with Crippen molar-refractivity contribution in [1.82, 2.24) is 9.97 Å². The molecule has 0 aromatic carbocycles. The number of hydrogen-bond acceptors (Lipinski definition) is 2. The van der Waals surface area contributed by atoms with E-state index in [1.807, 2.05) is 26.0 Å². The van der Waals surface area contributed by atoms with Crippen molar-refractivity contribution in [2.75, 3.05) is 0 Å². The average Bonchev–Trinajstić information content (AvgIpc) is 2.61. The summed E-state index contributed by atoms with van der Waals surface area (Å²) in [5.74, 6) is 1.58. The molecule has 0 atom stereocenters. The van der Waals surface area contributed by atoms with Crippen LogP contribution in [0.2, 0.25) is 0 Å². The molecule has 2 rings (SSSR count). The SMILES string of the molecule is Cc1nc(-c2ccco2)[nH]c1C. The van der Waals surface area contributed by atoms with Crippen molar-refractivity contribution in [2.45, 2.75) is 13.8 Å². The number of nitrogens with one attached hydrogen (secondary N) is 1. The first kappa shape index (κ1) is 7.16. The molecule has 2 aromatic heterocycles. The lowest BCUT2D eigenvalue weighted by Crippen LogP contribution is -1.75. The van der Waals surface area contributed by atoms with Gasteiger partial charge in [-0.15, -0.1) is 0 Å². The standard InChI is InChI=1S/C9H10N2O/c1-6-7(2)11-9(10-6)8-4-3-5-12-8/h3-5H,1-2H3,(H,10,11). The van der Waals surface area contributed by atoms with Gasteiger partial charge in [0.15, 0.2) is 11.6 Å². The van der Waals surface area contributed by atoms with E-state index in [1.165, 1.54) is 0 Å². The summed E-state index contributed by atoms with van der Waals surface area (Å²) in [5.41, 5.74) is 2.10. The van der Waals surface area contributed by atoms with E-state index in [0.29, 0.717) is 0 Å². The minimum atomic E-state index is 0.784. The second kappa shape index (κ2) is 2.52. The number of nitrogens with zero attached hydrogens (tertiary/aromatic N) is 1. The lowest BCUT2D eigenvalue weighted by atomic mass is 10.4. The van der Waals surface area contributed by atoms with E-state index >= 15 is 0 Å². The fourth-order valence-corrected chi connectivity index (χ4v) is 1.08. The molecule has 0 saturated carbocycles. The molecule has 0 bridgehead atoms. The molecule has 12 heavy (non-hydrogen) atoms. The van der Waals surface area contributed by atoms with E-state index in [9.17, 15) is 0 Å². The van der Waals surface area contributed by atoms with Gasteiger partial charge in [0, 0.05) is 5.69 Å². The Bertz CT molecular complexity index is 354. The zero-order valence-electron chi connectivity index (χ0n) is 7.09. The lowest BCUT2D eigenvalue weighted by molar-refractivity contribution is 0.578. The molecule has 3 heteroatoms. The third kappa shape index (κ3) is 1.03. The molecule has 0 radical (unpaired) electrons. The number of furan rings is 1. The third-order valence-electron chi connectivity index (χ3n) is 1.88. The van der Waals surface area contributed by atoms with Gasteiger partial charge < -0.3 is 9.40 Å². The summed E-state index contributed by atoms with van der Waals surface area (Å²) in [6.07, 6.45) is 1.64. The van der Waals surface area contributed by atoms with Gasteiger partial charge in [-0.25, -0.2) is 4.98 Å². The van der Waals surface area contributed by atoms with Crippen LogP contribution in [0.5, 0.6) is 0 Å². The van der Waals surface area contributed by atoms with Gasteiger partial charge in [-0.05, 0) is 26.0 Å². The molecule has 62 valence electrons. The third-order valence-corrected chi connectivity index (χ3v) is 1.88. The summed E-state index contributed by atoms with van der Waals surface area (Å²) in [4.78, 5) is 7.45. The van der Waals surface area contributed by atoms with Crippen LogP contribution in [0.4, 0.5) is 0 Å². The van der Waals surface area contributed by atoms with Crippen LogP contribution in [-0.4, -0.2) is 9.97 Å². The number of aromatic amines is 1. The molecule has 1 N–H and O–H groups in total. The van der Waals surface area contributed by atoms with Crippen LogP contribution >= 0.6 is 0 Å². The van der Waals surface area contributed by atoms with Crippen molar-refractivity contribution < 1.29 is 4.42 Å². The zero-order valence-corrected chi connectivity index (χ0v) is 7.09. The van der Waals surface area contributed by atoms with Crippen molar-refractivity contribution in [2.24, 2.45) is 0 Å². The number of imidazole rings is 1. The van der Waals surface area contributed by atoms with E-state index in [1.54, 1.807) is 6.26 Å². The second-order valence-corrected chi connectivity index (χ2v) is 2.77. The van der Waals surface area contributed by atoms with Crippen molar-refractivity contribution in [3.63, 3.8) is 0 Å². The van der Waals surface area contributed by atoms with E-state index < -0.39 is 0 Å². The molecule has 2 aromatic rings. The highest BCUT2D eigenvalue weighted by Crippen LogP contribution is 2.17. The minimum Gasteiger partial charge on any atom is -0.461 e. The molecule has 0 spiro atoms. The number of rotatable bonds is 1. The first-order valence-corrected chi connectivity index (χ1v) is 3.84. The Morgan fingerprint density at radius 3 is 2.75 bits per heavy atom. The Morgan fingerprint density at radius 1 is 1.42 bits per heavy atom. The predicted molar refractivity (Wildman–Crippen MR) is 45.8 cm³/mol. The van der Waals surface area contributed by atoms with Crippen LogP contribution in [-0.2, 0) is 0 Å². The quantitative estimate of drug-likeness (QED) is 0.699. The van der Waals surface area contributed by atoms with Crippen molar-refractivity contribution >= 4 is 0 Å². The van der Waals surface area contributed by atoms with Crippen LogP contribution in [0.3, 0.4) is 0 Å². The molecule has 3 nitrogen and oxygen atoms in total. The molecule has 0 fully saturated rings. The van der Waals surface area contributed by atoms with E-state index in [-0.39, 0.29) is 0 Å². The van der Waals surface area contributed by atoms with Crippen LogP contribution in [0, 0.1) is 13.8 Å². The van der Waals surface area contributed by atoms with E-state index in [2.05, 4.69) is 9.97 Å². The van der Waals surface area contributed by atoms with E-state index in [0.717, 1.165) is 23.0 Å². The van der Waals surface area contributed by atoms with Crippen molar-refractivity contribution in [1.29, 1.82) is 0 Å². The van der Waals surface area contributed by atoms with Crippen LogP contribution < -0.4 is 0 Å². The fraction of sp³-hybridized carbons (Fsp3) is 0.222. The van der Waals surface area contributed by atoms with Gasteiger partial charge in [0.2, 0.25) is 0 Å². The first-order valence-electron chi connectivity index (χ1n) is 3.84. The zero-order chi connectivity index (χ0) is 8.55. The topological polar surface area (TPSA) is 41.8 Å². The highest BCUT2D eigenvalue weighted by molar-refractivity contribution is 5.47. The lowest BCUT2D eigenvalue weighted by Gasteiger charge is -1.86. The molecule has 0 amide bonds. The van der Waals surface area contributed by atoms with Crippen LogP contribution in [0.25, 0.3) is 11.6 Å². The van der Waals surface area contributed by atoms with Gasteiger partial charge in [0.25, 0.3) is 0 Å². The monoisotopic (exact) mass is 162 g/mol. The Hall–Kier alpha value is -1.51. The molecular formula is C9H10N2O. The molecule has 2 heterocycles. The molecule has 0 saturated heterocycles. The van der Waals surface area contributed by atoms with Gasteiger partial charge in [-0.3, -0.25) is 0 Å². The van der Waals surface area contributed by atoms with Gasteiger partial charge in [0.05, 0.1) is 12.0 Å². The Kier molecular flexibility index (Phi) is 1.50. The van der Waals surface area contributed by atoms with Crippen molar-refractivity contribution in [3.8, 4) is 11.6 Å². The number of hydrogen-bond donors (Lipinski definition) is 1. The van der Waals surface area contributed by atoms with Crippen LogP contribution in [0.15, 0.2) is 22.8 Å². The summed E-state index contributed by atoms with van der Waals surface area (Å²) in [6, 6.07) is 3.74. The molecule has 0 unspecified atom stereocenters. The van der Waals surface area contributed by atoms with Gasteiger partial charge >= 0.3 is 0 Å². The smallest absolute Gasteiger partial charge is 0.173 e. The maximum atomic E-state index is 5.19. The normalized spacial score (nSPS) is 10.5. The maximum Gasteiger partial charge on any atom is 0.173 e. The van der Waals surface area contributed by atoms with Crippen molar-refractivity contribution in [3.05, 3.63) is 29.8 Å². The predicted octanol–water partition coefficient (Wildman–Crippen LogP) is 2.29. The summed E-state index contributed by atoms with van der Waals surface area (Å²) < 4.78 is 5.19. The summed E-state index contributed by atoms with van der Waals surface area (Å²) in [5, 5.41) is 0. The largest absolute Gasteiger partial charge is 0.461 e. The summed E-state index contributed by atoms with van der Waals surface area (Å²) in [6.45, 7) is 3.97. The molecule has 0 aliphatic heterocycles. The fourth-order valence-electron chi connectivity index (χ4n) is 1.08. The Labute approximate surface area is 70.4 Å². The highest BCUT2D eigenvalue weighted by Gasteiger charge is 2.06. The van der Waals surface area contributed by atoms with Gasteiger partial charge in [-0.2, -0.15) is 0 Å². The van der Waals surface area contributed by atoms with Gasteiger partial charge in [0.1, 0.15) is 0 Å². The molecular weight excluding hydrogens is 152 g/mol. The number of aromatic nitrogens is 2. The Morgan fingerprint density at radius 2 is 2.25 bits per heavy atom. The summed E-state index contributed by atoms with van der Waals surface area (Å²) in [7, 11) is 0. The Balaban J connectivity index is 2.48. The second-order valence-electron chi connectivity index (χ2n) is 2.77. The van der Waals surface area contributed by atoms with Crippen LogP contribution in [0.1, 0.15) is 11.4 Å². The first-order chi connectivity index (χ1) is 5.77. The molecule has 0 aliphatic rings. The average molecular weight is 162 g/mol.